The molecule has 2 atom stereocenters. The molecule has 0 heterocycles. The molecule has 0 heteroatoms. The third-order valence-electron chi connectivity index (χ3n) is 6.80. The van der Waals surface area contributed by atoms with Crippen molar-refractivity contribution in [3.8, 4) is 33.4 Å². The highest BCUT2D eigenvalue weighted by Crippen LogP contribution is 2.48. The fraction of sp³-hybridized carbons (Fsp3) is 0.143. The Morgan fingerprint density at radius 2 is 0.821 bits per heavy atom. The van der Waals surface area contributed by atoms with Gasteiger partial charge in [-0.2, -0.15) is 0 Å². The third-order valence-corrected chi connectivity index (χ3v) is 6.80. The second kappa shape index (κ2) is 5.69. The maximum absolute atomic E-state index is 2.41. The molecule has 2 aliphatic carbocycles. The Hall–Kier alpha value is -3.12. The van der Waals surface area contributed by atoms with E-state index in [1.807, 2.05) is 0 Å². The number of benzene rings is 4. The van der Waals surface area contributed by atoms with Crippen LogP contribution in [0.2, 0.25) is 0 Å². The minimum absolute atomic E-state index is 0.462. The van der Waals surface area contributed by atoms with E-state index < -0.39 is 0 Å². The van der Waals surface area contributed by atoms with Crippen molar-refractivity contribution in [3.05, 3.63) is 107 Å². The first-order valence-electron chi connectivity index (χ1n) is 10.2. The van der Waals surface area contributed by atoms with Crippen molar-refractivity contribution in [2.24, 2.45) is 0 Å². The topological polar surface area (TPSA) is 0 Å². The first-order chi connectivity index (χ1) is 13.7. The van der Waals surface area contributed by atoms with Crippen LogP contribution in [0.3, 0.4) is 0 Å². The van der Waals surface area contributed by atoms with Crippen molar-refractivity contribution in [1.29, 1.82) is 0 Å². The lowest BCUT2D eigenvalue weighted by molar-refractivity contribution is 0.955. The van der Waals surface area contributed by atoms with Gasteiger partial charge in [-0.15, -0.1) is 0 Å². The van der Waals surface area contributed by atoms with E-state index in [9.17, 15) is 0 Å². The largest absolute Gasteiger partial charge is 0.0619 e. The highest BCUT2D eigenvalue weighted by Gasteiger charge is 2.27. The van der Waals surface area contributed by atoms with E-state index in [0.29, 0.717) is 11.8 Å². The summed E-state index contributed by atoms with van der Waals surface area (Å²) in [6.45, 7) is 4.66. The van der Waals surface area contributed by atoms with Gasteiger partial charge in [-0.05, 0) is 67.8 Å². The minimum atomic E-state index is 0.462. The number of rotatable bonds is 1. The van der Waals surface area contributed by atoms with Crippen molar-refractivity contribution >= 4 is 0 Å². The van der Waals surface area contributed by atoms with Crippen LogP contribution in [0.25, 0.3) is 33.4 Å². The monoisotopic (exact) mass is 358 g/mol. The molecule has 0 saturated heterocycles. The standard InChI is InChI=1S/C28H22/c1-17-21-7-3-5-9-23(21)25-13-11-19(15-27(17)25)20-12-14-26-24-10-6-4-8-22(24)18(2)28(26)16-20/h3-18H,1-2H3. The lowest BCUT2D eigenvalue weighted by Crippen LogP contribution is -1.92. The van der Waals surface area contributed by atoms with Gasteiger partial charge in [0.1, 0.15) is 0 Å². The highest BCUT2D eigenvalue weighted by atomic mass is 14.3. The Morgan fingerprint density at radius 3 is 1.29 bits per heavy atom. The summed E-state index contributed by atoms with van der Waals surface area (Å²) >= 11 is 0. The summed E-state index contributed by atoms with van der Waals surface area (Å²) in [6.07, 6.45) is 0. The normalized spacial score (nSPS) is 18.4. The van der Waals surface area contributed by atoms with Gasteiger partial charge < -0.3 is 0 Å². The number of hydrogen-bond acceptors (Lipinski definition) is 0. The van der Waals surface area contributed by atoms with Gasteiger partial charge in [-0.25, -0.2) is 0 Å². The zero-order chi connectivity index (χ0) is 18.8. The summed E-state index contributed by atoms with van der Waals surface area (Å²) in [7, 11) is 0. The second-order valence-corrected chi connectivity index (χ2v) is 8.22. The van der Waals surface area contributed by atoms with Crippen LogP contribution in [0.1, 0.15) is 47.9 Å². The predicted molar refractivity (Wildman–Crippen MR) is 118 cm³/mol. The highest BCUT2D eigenvalue weighted by molar-refractivity contribution is 5.84. The van der Waals surface area contributed by atoms with E-state index in [0.717, 1.165) is 0 Å². The Balaban J connectivity index is 1.46. The van der Waals surface area contributed by atoms with Crippen LogP contribution in [0, 0.1) is 0 Å². The van der Waals surface area contributed by atoms with Crippen LogP contribution in [0.4, 0.5) is 0 Å². The van der Waals surface area contributed by atoms with E-state index in [1.165, 1.54) is 55.6 Å². The SMILES string of the molecule is CC1c2ccccc2-c2ccc(-c3ccc4c(c3)C(C)c3ccccc3-4)cc21. The Bertz CT molecular complexity index is 1150. The molecule has 0 spiro atoms. The molecule has 4 aromatic carbocycles. The third kappa shape index (κ3) is 2.06. The molecule has 0 nitrogen and oxygen atoms in total. The molecule has 0 aromatic heterocycles. The van der Waals surface area contributed by atoms with E-state index in [-0.39, 0.29) is 0 Å². The quantitative estimate of drug-likeness (QED) is 0.328. The van der Waals surface area contributed by atoms with Crippen LogP contribution in [0.5, 0.6) is 0 Å². The van der Waals surface area contributed by atoms with Crippen LogP contribution in [-0.2, 0) is 0 Å². The lowest BCUT2D eigenvalue weighted by atomic mass is 9.92. The summed E-state index contributed by atoms with van der Waals surface area (Å²) in [6, 6.07) is 31.7. The van der Waals surface area contributed by atoms with E-state index >= 15 is 0 Å². The Labute approximate surface area is 166 Å². The summed E-state index contributed by atoms with van der Waals surface area (Å²) < 4.78 is 0. The van der Waals surface area contributed by atoms with Gasteiger partial charge in [0.05, 0.1) is 0 Å². The Morgan fingerprint density at radius 1 is 0.429 bits per heavy atom. The maximum Gasteiger partial charge on any atom is 0.00735 e. The molecular weight excluding hydrogens is 336 g/mol. The van der Waals surface area contributed by atoms with Gasteiger partial charge in [0, 0.05) is 11.8 Å². The fourth-order valence-corrected chi connectivity index (χ4v) is 5.27. The van der Waals surface area contributed by atoms with Gasteiger partial charge in [0.2, 0.25) is 0 Å². The van der Waals surface area contributed by atoms with E-state index in [1.54, 1.807) is 0 Å². The van der Waals surface area contributed by atoms with Crippen molar-refractivity contribution in [2.75, 3.05) is 0 Å². The molecule has 0 fully saturated rings. The first kappa shape index (κ1) is 15.9. The number of hydrogen-bond donors (Lipinski definition) is 0. The molecule has 0 radical (unpaired) electrons. The second-order valence-electron chi connectivity index (χ2n) is 8.22. The van der Waals surface area contributed by atoms with Crippen LogP contribution in [-0.4, -0.2) is 0 Å². The zero-order valence-corrected chi connectivity index (χ0v) is 16.2. The molecule has 0 saturated carbocycles. The summed E-state index contributed by atoms with van der Waals surface area (Å²) in [5.41, 5.74) is 14.0. The average Bonchev–Trinajstić information content (AvgIpc) is 3.20. The van der Waals surface area contributed by atoms with Crippen molar-refractivity contribution in [2.45, 2.75) is 25.7 Å². The van der Waals surface area contributed by atoms with Gasteiger partial charge >= 0.3 is 0 Å². The molecule has 2 unspecified atom stereocenters. The minimum Gasteiger partial charge on any atom is -0.0619 e. The molecule has 6 rings (SSSR count). The summed E-state index contributed by atoms with van der Waals surface area (Å²) in [5, 5.41) is 0. The first-order valence-corrected chi connectivity index (χ1v) is 10.2. The molecule has 0 aliphatic heterocycles. The zero-order valence-electron chi connectivity index (χ0n) is 16.2. The lowest BCUT2D eigenvalue weighted by Gasteiger charge is -2.12. The molecule has 0 amide bonds. The van der Waals surface area contributed by atoms with Crippen LogP contribution >= 0.6 is 0 Å². The Kier molecular flexibility index (Phi) is 3.23. The molecule has 0 N–H and O–H groups in total. The van der Waals surface area contributed by atoms with Crippen molar-refractivity contribution in [3.63, 3.8) is 0 Å². The van der Waals surface area contributed by atoms with Gasteiger partial charge in [-0.3, -0.25) is 0 Å². The fourth-order valence-electron chi connectivity index (χ4n) is 5.27. The summed E-state index contributed by atoms with van der Waals surface area (Å²) in [5.74, 6) is 0.924. The molecular formula is C28H22. The van der Waals surface area contributed by atoms with E-state index in [2.05, 4.69) is 98.8 Å². The average molecular weight is 358 g/mol. The van der Waals surface area contributed by atoms with Gasteiger partial charge in [0.15, 0.2) is 0 Å². The molecule has 28 heavy (non-hydrogen) atoms. The maximum atomic E-state index is 2.41. The van der Waals surface area contributed by atoms with Crippen LogP contribution in [0.15, 0.2) is 84.9 Å². The van der Waals surface area contributed by atoms with Gasteiger partial charge in [-0.1, -0.05) is 86.6 Å². The number of fused-ring (bicyclic) bond motifs is 6. The van der Waals surface area contributed by atoms with E-state index in [4.69, 9.17) is 0 Å². The molecule has 2 aliphatic rings. The summed E-state index contributed by atoms with van der Waals surface area (Å²) in [4.78, 5) is 0. The molecule has 134 valence electrons. The predicted octanol–water partition coefficient (Wildman–Crippen LogP) is 7.62. The van der Waals surface area contributed by atoms with Gasteiger partial charge in [0.25, 0.3) is 0 Å². The van der Waals surface area contributed by atoms with Crippen LogP contribution < -0.4 is 0 Å². The van der Waals surface area contributed by atoms with Crippen molar-refractivity contribution in [1.82, 2.24) is 0 Å². The molecule has 0 bridgehead atoms. The smallest absolute Gasteiger partial charge is 0.00735 e. The molecule has 4 aromatic rings. The van der Waals surface area contributed by atoms with Crippen molar-refractivity contribution < 1.29 is 0 Å².